The third kappa shape index (κ3) is 4.69. The Morgan fingerprint density at radius 3 is 2.50 bits per heavy atom. The summed E-state index contributed by atoms with van der Waals surface area (Å²) in [4.78, 5) is 27.9. The number of nitrogens with zero attached hydrogens (tertiary/aromatic N) is 1. The first-order chi connectivity index (χ1) is 11.4. The average Bonchev–Trinajstić information content (AvgIpc) is 2.57. The highest BCUT2D eigenvalue weighted by Gasteiger charge is 2.20. The van der Waals surface area contributed by atoms with Crippen molar-refractivity contribution in [1.82, 2.24) is 4.98 Å². The first-order valence-corrected chi connectivity index (χ1v) is 8.08. The van der Waals surface area contributed by atoms with E-state index < -0.39 is 18.0 Å². The summed E-state index contributed by atoms with van der Waals surface area (Å²) in [6.07, 6.45) is 1.18. The van der Waals surface area contributed by atoms with E-state index in [2.05, 4.69) is 10.3 Å². The van der Waals surface area contributed by atoms with Gasteiger partial charge in [0.1, 0.15) is 5.15 Å². The molecule has 0 aliphatic carbocycles. The predicted octanol–water partition coefficient (Wildman–Crippen LogP) is 4.13. The number of amides is 1. The van der Waals surface area contributed by atoms with Crippen LogP contribution in [0, 0.1) is 0 Å². The van der Waals surface area contributed by atoms with Crippen molar-refractivity contribution in [3.8, 4) is 0 Å². The lowest BCUT2D eigenvalue weighted by Crippen LogP contribution is -2.30. The Morgan fingerprint density at radius 2 is 1.92 bits per heavy atom. The van der Waals surface area contributed by atoms with Gasteiger partial charge in [0, 0.05) is 11.9 Å². The molecular weight excluding hydrogens is 351 g/mol. The number of aromatic nitrogens is 1. The van der Waals surface area contributed by atoms with Crippen molar-refractivity contribution < 1.29 is 14.3 Å². The van der Waals surface area contributed by atoms with Gasteiger partial charge in [-0.05, 0) is 37.1 Å². The minimum atomic E-state index is -0.974. The van der Waals surface area contributed by atoms with Gasteiger partial charge in [0.15, 0.2) is 6.10 Å². The van der Waals surface area contributed by atoms with Crippen LogP contribution in [0.3, 0.4) is 0 Å². The van der Waals surface area contributed by atoms with E-state index >= 15 is 0 Å². The van der Waals surface area contributed by atoms with Crippen LogP contribution in [0.2, 0.25) is 10.2 Å². The van der Waals surface area contributed by atoms with Gasteiger partial charge in [0.2, 0.25) is 0 Å². The van der Waals surface area contributed by atoms with Crippen LogP contribution in [0.4, 0.5) is 5.69 Å². The zero-order valence-corrected chi connectivity index (χ0v) is 14.7. The minimum absolute atomic E-state index is 0.0922. The Labute approximate surface area is 149 Å². The van der Waals surface area contributed by atoms with Crippen LogP contribution in [-0.4, -0.2) is 23.0 Å². The Balaban J connectivity index is 1.97. The molecule has 0 fully saturated rings. The van der Waals surface area contributed by atoms with Gasteiger partial charge >= 0.3 is 5.97 Å². The Morgan fingerprint density at radius 1 is 1.25 bits per heavy atom. The van der Waals surface area contributed by atoms with Crippen LogP contribution in [-0.2, 0) is 16.0 Å². The Hall–Kier alpha value is -2.11. The first kappa shape index (κ1) is 18.2. The topological polar surface area (TPSA) is 68.3 Å². The molecule has 1 heterocycles. The predicted molar refractivity (Wildman–Crippen MR) is 93.6 cm³/mol. The van der Waals surface area contributed by atoms with E-state index in [4.69, 9.17) is 27.9 Å². The second-order valence-electron chi connectivity index (χ2n) is 5.08. The molecule has 5 nitrogen and oxygen atoms in total. The lowest BCUT2D eigenvalue weighted by molar-refractivity contribution is -0.123. The number of ether oxygens (including phenoxy) is 1. The largest absolute Gasteiger partial charge is 0.449 e. The van der Waals surface area contributed by atoms with Crippen molar-refractivity contribution in [1.29, 1.82) is 0 Å². The molecule has 2 aromatic rings. The SMILES string of the molecule is CCc1ccc(NC(=O)[C@@H](C)OC(=O)c2cnc(Cl)c(Cl)c2)cc1. The maximum atomic E-state index is 12.1. The smallest absolute Gasteiger partial charge is 0.340 e. The molecule has 0 bridgehead atoms. The molecule has 0 aliphatic rings. The molecule has 0 unspecified atom stereocenters. The molecule has 7 heteroatoms. The van der Waals surface area contributed by atoms with E-state index in [1.807, 2.05) is 19.1 Å². The number of esters is 1. The van der Waals surface area contributed by atoms with Crippen molar-refractivity contribution >= 4 is 40.8 Å². The minimum Gasteiger partial charge on any atom is -0.449 e. The number of aryl methyl sites for hydroxylation is 1. The average molecular weight is 367 g/mol. The van der Waals surface area contributed by atoms with Gasteiger partial charge in [-0.2, -0.15) is 0 Å². The van der Waals surface area contributed by atoms with Crippen LogP contribution in [0.1, 0.15) is 29.8 Å². The van der Waals surface area contributed by atoms with Crippen molar-refractivity contribution in [3.63, 3.8) is 0 Å². The highest BCUT2D eigenvalue weighted by molar-refractivity contribution is 6.41. The summed E-state index contributed by atoms with van der Waals surface area (Å²) in [6.45, 7) is 3.53. The normalized spacial score (nSPS) is 11.7. The fourth-order valence-electron chi connectivity index (χ4n) is 1.88. The molecule has 0 spiro atoms. The number of pyridine rings is 1. The number of carbonyl (C=O) groups is 2. The number of anilines is 1. The maximum absolute atomic E-state index is 12.1. The lowest BCUT2D eigenvalue weighted by Gasteiger charge is -2.14. The maximum Gasteiger partial charge on any atom is 0.340 e. The molecule has 24 heavy (non-hydrogen) atoms. The number of nitrogens with one attached hydrogen (secondary N) is 1. The van der Waals surface area contributed by atoms with Gasteiger partial charge < -0.3 is 10.1 Å². The number of rotatable bonds is 5. The van der Waals surface area contributed by atoms with E-state index in [0.717, 1.165) is 6.42 Å². The molecule has 126 valence electrons. The van der Waals surface area contributed by atoms with Gasteiger partial charge in [-0.3, -0.25) is 4.79 Å². The molecule has 0 saturated heterocycles. The molecule has 1 N–H and O–H groups in total. The monoisotopic (exact) mass is 366 g/mol. The quantitative estimate of drug-likeness (QED) is 0.637. The van der Waals surface area contributed by atoms with Crippen molar-refractivity contribution in [2.75, 3.05) is 5.32 Å². The summed E-state index contributed by atoms with van der Waals surface area (Å²) < 4.78 is 5.12. The molecule has 0 aliphatic heterocycles. The number of benzene rings is 1. The van der Waals surface area contributed by atoms with Gasteiger partial charge in [-0.15, -0.1) is 0 Å². The zero-order chi connectivity index (χ0) is 17.7. The van der Waals surface area contributed by atoms with Gasteiger partial charge in [-0.1, -0.05) is 42.3 Å². The Bertz CT molecular complexity index is 748. The zero-order valence-electron chi connectivity index (χ0n) is 13.2. The number of hydrogen-bond acceptors (Lipinski definition) is 4. The van der Waals surface area contributed by atoms with E-state index in [1.54, 1.807) is 12.1 Å². The summed E-state index contributed by atoms with van der Waals surface area (Å²) in [5.41, 5.74) is 1.92. The highest BCUT2D eigenvalue weighted by Crippen LogP contribution is 2.20. The highest BCUT2D eigenvalue weighted by atomic mass is 35.5. The van der Waals surface area contributed by atoms with E-state index in [-0.39, 0.29) is 15.7 Å². The third-order valence-electron chi connectivity index (χ3n) is 3.31. The standard InChI is InChI=1S/C17H16Cl2N2O3/c1-3-11-4-6-13(7-5-11)21-16(22)10(2)24-17(23)12-8-14(18)15(19)20-9-12/h4-10H,3H2,1-2H3,(H,21,22)/t10-/m1/s1. The Kier molecular flexibility index (Phi) is 6.17. The van der Waals surface area contributed by atoms with Crippen molar-refractivity contribution in [2.45, 2.75) is 26.4 Å². The number of hydrogen-bond donors (Lipinski definition) is 1. The second-order valence-corrected chi connectivity index (χ2v) is 5.85. The molecule has 1 amide bonds. The van der Waals surface area contributed by atoms with Crippen LogP contribution >= 0.6 is 23.2 Å². The molecule has 1 aromatic heterocycles. The summed E-state index contributed by atoms with van der Waals surface area (Å²) in [5.74, 6) is -1.13. The van der Waals surface area contributed by atoms with Gasteiger partial charge in [0.05, 0.1) is 10.6 Å². The molecule has 2 rings (SSSR count). The van der Waals surface area contributed by atoms with Crippen LogP contribution in [0.15, 0.2) is 36.5 Å². The summed E-state index contributed by atoms with van der Waals surface area (Å²) in [5, 5.41) is 2.92. The molecular formula is C17H16Cl2N2O3. The van der Waals surface area contributed by atoms with Crippen molar-refractivity contribution in [2.24, 2.45) is 0 Å². The van der Waals surface area contributed by atoms with Crippen LogP contribution in [0.25, 0.3) is 0 Å². The first-order valence-electron chi connectivity index (χ1n) is 7.32. The van der Waals surface area contributed by atoms with Crippen LogP contribution < -0.4 is 5.32 Å². The van der Waals surface area contributed by atoms with E-state index in [9.17, 15) is 9.59 Å². The summed E-state index contributed by atoms with van der Waals surface area (Å²) in [7, 11) is 0. The van der Waals surface area contributed by atoms with Crippen molar-refractivity contribution in [3.05, 3.63) is 57.8 Å². The summed E-state index contributed by atoms with van der Waals surface area (Å²) >= 11 is 11.5. The van der Waals surface area contributed by atoms with Gasteiger partial charge in [-0.25, -0.2) is 9.78 Å². The second kappa shape index (κ2) is 8.13. The number of carbonyl (C=O) groups excluding carboxylic acids is 2. The molecule has 0 saturated carbocycles. The molecule has 1 aromatic carbocycles. The van der Waals surface area contributed by atoms with Gasteiger partial charge in [0.25, 0.3) is 5.91 Å². The third-order valence-corrected chi connectivity index (χ3v) is 4.00. The van der Waals surface area contributed by atoms with E-state index in [0.29, 0.717) is 5.69 Å². The van der Waals surface area contributed by atoms with Crippen LogP contribution in [0.5, 0.6) is 0 Å². The molecule has 0 radical (unpaired) electrons. The number of halogens is 2. The fourth-order valence-corrected chi connectivity index (χ4v) is 2.15. The summed E-state index contributed by atoms with van der Waals surface area (Å²) in [6, 6.07) is 8.79. The fraction of sp³-hybridized carbons (Fsp3) is 0.235. The molecule has 1 atom stereocenters. The van der Waals surface area contributed by atoms with E-state index in [1.165, 1.54) is 24.8 Å². The lowest BCUT2D eigenvalue weighted by atomic mass is 10.1.